The maximum Gasteiger partial charge on any atom is -0.00201 e. The second-order valence-electron chi connectivity index (χ2n) is 21.0. The SMILES string of the molecule is C=CC1CCC(CC2CC3CC(CC(CCC)C4CCC(CC4)CC(CCC)C4CCC2CC4)C2CCC(CCCC)C4=C2C3CCC4C=C)CC1. The van der Waals surface area contributed by atoms with Gasteiger partial charge in [-0.05, 0) is 217 Å². The molecule has 7 fully saturated rings. The fraction of sp³-hybridized carbons (Fsp3) is 0.885. The van der Waals surface area contributed by atoms with E-state index >= 15 is 0 Å². The summed E-state index contributed by atoms with van der Waals surface area (Å²) in [5.74, 6) is 14.1. The summed E-state index contributed by atoms with van der Waals surface area (Å²) < 4.78 is 0. The first kappa shape index (κ1) is 39.5. The van der Waals surface area contributed by atoms with Gasteiger partial charge in [0.1, 0.15) is 0 Å². The Morgan fingerprint density at radius 1 is 0.481 bits per heavy atom. The molecule has 9 rings (SSSR count). The zero-order valence-corrected chi connectivity index (χ0v) is 35.0. The number of fused-ring (bicyclic) bond motifs is 2. The van der Waals surface area contributed by atoms with E-state index in [0.717, 1.165) is 82.9 Å². The molecule has 0 heteroatoms. The van der Waals surface area contributed by atoms with Gasteiger partial charge in [0.05, 0.1) is 0 Å². The molecule has 0 amide bonds. The van der Waals surface area contributed by atoms with E-state index in [1.54, 1.807) is 83.5 Å². The highest BCUT2D eigenvalue weighted by Gasteiger charge is 2.49. The van der Waals surface area contributed by atoms with E-state index in [0.29, 0.717) is 5.92 Å². The van der Waals surface area contributed by atoms with Crippen LogP contribution in [0.4, 0.5) is 0 Å². The lowest BCUT2D eigenvalue weighted by Gasteiger charge is -2.54. The topological polar surface area (TPSA) is 0 Å². The third kappa shape index (κ3) is 8.93. The van der Waals surface area contributed by atoms with E-state index in [-0.39, 0.29) is 0 Å². The van der Waals surface area contributed by atoms with Crippen molar-refractivity contribution in [1.82, 2.24) is 0 Å². The smallest absolute Gasteiger partial charge is 0.00201 e. The fourth-order valence-corrected chi connectivity index (χ4v) is 15.6. The van der Waals surface area contributed by atoms with Crippen molar-refractivity contribution < 1.29 is 0 Å². The highest BCUT2D eigenvalue weighted by atomic mass is 14.5. The zero-order chi connectivity index (χ0) is 36.0. The minimum absolute atomic E-state index is 0.681. The molecular weight excluding hydrogens is 625 g/mol. The normalized spacial score (nSPS) is 44.2. The van der Waals surface area contributed by atoms with Crippen LogP contribution in [0.2, 0.25) is 0 Å². The first-order valence-electron chi connectivity index (χ1n) is 24.5. The Bertz CT molecular complexity index is 1130. The highest BCUT2D eigenvalue weighted by Crippen LogP contribution is 2.60. The lowest BCUT2D eigenvalue weighted by Crippen LogP contribution is -2.43. The molecule has 0 aromatic heterocycles. The van der Waals surface area contributed by atoms with Gasteiger partial charge in [0.25, 0.3) is 0 Å². The maximum atomic E-state index is 4.54. The van der Waals surface area contributed by atoms with E-state index < -0.39 is 0 Å². The van der Waals surface area contributed by atoms with E-state index in [4.69, 9.17) is 0 Å². The summed E-state index contributed by atoms with van der Waals surface area (Å²) in [5.41, 5.74) is 4.11. The molecule has 0 spiro atoms. The average molecular weight is 711 g/mol. The van der Waals surface area contributed by atoms with Gasteiger partial charge < -0.3 is 0 Å². The molecule has 0 aromatic rings. The Labute approximate surface area is 324 Å². The van der Waals surface area contributed by atoms with Gasteiger partial charge in [-0.25, -0.2) is 0 Å². The molecule has 0 aromatic carbocycles. The molecule has 9 atom stereocenters. The van der Waals surface area contributed by atoms with Crippen LogP contribution >= 0.6 is 0 Å². The summed E-state index contributed by atoms with van der Waals surface area (Å²) in [7, 11) is 0. The number of allylic oxidation sites excluding steroid dienone is 4. The van der Waals surface area contributed by atoms with Crippen molar-refractivity contribution in [2.75, 3.05) is 0 Å². The van der Waals surface area contributed by atoms with Crippen LogP contribution in [-0.4, -0.2) is 0 Å². The van der Waals surface area contributed by atoms with Crippen molar-refractivity contribution in [3.05, 3.63) is 36.5 Å². The Hall–Kier alpha value is -0.780. The lowest BCUT2D eigenvalue weighted by atomic mass is 9.51. The molecule has 0 nitrogen and oxygen atoms in total. The molecule has 0 saturated heterocycles. The molecule has 0 radical (unpaired) electrons. The van der Waals surface area contributed by atoms with Crippen molar-refractivity contribution in [2.45, 2.75) is 201 Å². The van der Waals surface area contributed by atoms with Crippen LogP contribution in [0, 0.1) is 88.8 Å². The van der Waals surface area contributed by atoms with Crippen LogP contribution in [0.5, 0.6) is 0 Å². The third-order valence-corrected chi connectivity index (χ3v) is 18.3. The van der Waals surface area contributed by atoms with Crippen molar-refractivity contribution in [1.29, 1.82) is 0 Å². The second-order valence-corrected chi connectivity index (χ2v) is 21.0. The maximum absolute atomic E-state index is 4.54. The van der Waals surface area contributed by atoms with Crippen LogP contribution < -0.4 is 0 Å². The quantitative estimate of drug-likeness (QED) is 0.187. The number of unbranched alkanes of at least 4 members (excludes halogenated alkanes) is 1. The van der Waals surface area contributed by atoms with Gasteiger partial charge in [-0.15, -0.1) is 13.2 Å². The summed E-state index contributed by atoms with van der Waals surface area (Å²) in [4.78, 5) is 0. The Morgan fingerprint density at radius 2 is 1.06 bits per heavy atom. The lowest BCUT2D eigenvalue weighted by molar-refractivity contribution is 0.0592. The summed E-state index contributed by atoms with van der Waals surface area (Å²) in [5, 5.41) is 0. The Kier molecular flexibility index (Phi) is 14.3. The molecule has 9 aliphatic carbocycles. The van der Waals surface area contributed by atoms with Gasteiger partial charge in [-0.3, -0.25) is 0 Å². The van der Waals surface area contributed by atoms with Gasteiger partial charge in [0.15, 0.2) is 0 Å². The number of hydrogen-bond acceptors (Lipinski definition) is 0. The van der Waals surface area contributed by atoms with Crippen molar-refractivity contribution >= 4 is 0 Å². The minimum atomic E-state index is 0.681. The third-order valence-electron chi connectivity index (χ3n) is 18.3. The largest absolute Gasteiger partial charge is 0.103 e. The van der Waals surface area contributed by atoms with Gasteiger partial charge >= 0.3 is 0 Å². The van der Waals surface area contributed by atoms with E-state index in [1.807, 2.05) is 5.57 Å². The van der Waals surface area contributed by atoms with E-state index in [9.17, 15) is 0 Å². The Balaban J connectivity index is 1.24. The second kappa shape index (κ2) is 18.9. The molecule has 0 N–H and O–H groups in total. The van der Waals surface area contributed by atoms with Crippen molar-refractivity contribution in [3.8, 4) is 0 Å². The molecule has 9 unspecified atom stereocenters. The average Bonchev–Trinajstić information content (AvgIpc) is 3.18. The molecule has 52 heavy (non-hydrogen) atoms. The van der Waals surface area contributed by atoms with E-state index in [1.165, 1.54) is 96.3 Å². The molecule has 7 saturated carbocycles. The first-order chi connectivity index (χ1) is 25.5. The predicted octanol–water partition coefficient (Wildman–Crippen LogP) is 16.0. The van der Waals surface area contributed by atoms with Gasteiger partial charge in [-0.1, -0.05) is 95.4 Å². The molecule has 6 bridgehead atoms. The number of hydrogen-bond donors (Lipinski definition) is 0. The predicted molar refractivity (Wildman–Crippen MR) is 226 cm³/mol. The monoisotopic (exact) mass is 711 g/mol. The van der Waals surface area contributed by atoms with E-state index in [2.05, 4.69) is 51.7 Å². The first-order valence-corrected chi connectivity index (χ1v) is 24.5. The van der Waals surface area contributed by atoms with Crippen LogP contribution in [0.3, 0.4) is 0 Å². The van der Waals surface area contributed by atoms with Crippen molar-refractivity contribution in [3.63, 3.8) is 0 Å². The fourth-order valence-electron chi connectivity index (χ4n) is 15.6. The highest BCUT2D eigenvalue weighted by molar-refractivity contribution is 5.34. The summed E-state index contributed by atoms with van der Waals surface area (Å²) in [6.07, 6.45) is 46.9. The standard InChI is InChI=1S/C52H86/c1-6-11-14-43-28-30-50-47-33-45(13-8-3)40-21-19-38(20-22-40)31-44(12-7-2)41-23-25-42(26-24-41)46(32-37-17-15-36(9-4)16-18-37)34-48(35-47)49-29-27-39(10-5)51(43)52(49)50/h9-10,36-50H,4-8,11-35H2,1-3H3. The summed E-state index contributed by atoms with van der Waals surface area (Å²) in [6.45, 7) is 16.2. The molecule has 0 aliphatic heterocycles. The van der Waals surface area contributed by atoms with Crippen molar-refractivity contribution in [2.24, 2.45) is 88.8 Å². The van der Waals surface area contributed by atoms with Gasteiger partial charge in [0, 0.05) is 0 Å². The number of rotatable bonds is 11. The minimum Gasteiger partial charge on any atom is -0.103 e. The zero-order valence-electron chi connectivity index (χ0n) is 35.0. The molecular formula is C52H86. The molecule has 294 valence electrons. The Morgan fingerprint density at radius 3 is 1.65 bits per heavy atom. The van der Waals surface area contributed by atoms with Crippen LogP contribution in [0.1, 0.15) is 201 Å². The van der Waals surface area contributed by atoms with Gasteiger partial charge in [-0.2, -0.15) is 0 Å². The summed E-state index contributed by atoms with van der Waals surface area (Å²) in [6, 6.07) is 0. The molecule has 0 heterocycles. The van der Waals surface area contributed by atoms with Gasteiger partial charge in [0.2, 0.25) is 0 Å². The summed E-state index contributed by atoms with van der Waals surface area (Å²) >= 11 is 0. The molecule has 9 aliphatic rings. The van der Waals surface area contributed by atoms with Crippen LogP contribution in [0.25, 0.3) is 0 Å². The van der Waals surface area contributed by atoms with Crippen LogP contribution in [0.15, 0.2) is 36.5 Å². The van der Waals surface area contributed by atoms with Crippen LogP contribution in [-0.2, 0) is 0 Å².